The minimum absolute atomic E-state index is 0.0340. The maximum atomic E-state index is 11.3. The van der Waals surface area contributed by atoms with Crippen molar-refractivity contribution in [2.24, 2.45) is 0 Å². The van der Waals surface area contributed by atoms with Crippen LogP contribution in [0.3, 0.4) is 0 Å². The molecule has 0 spiro atoms. The first-order valence-corrected chi connectivity index (χ1v) is 6.69. The lowest BCUT2D eigenvalue weighted by molar-refractivity contribution is -0.137. The lowest BCUT2D eigenvalue weighted by Crippen LogP contribution is -2.13. The van der Waals surface area contributed by atoms with Gasteiger partial charge >= 0.3 is 11.9 Å². The van der Waals surface area contributed by atoms with Gasteiger partial charge in [0.05, 0.1) is 0 Å². The Bertz CT molecular complexity index is 711. The molecular weight excluding hydrogens is 286 g/mol. The Hall–Kier alpha value is -2.70. The van der Waals surface area contributed by atoms with Gasteiger partial charge in [0.15, 0.2) is 5.69 Å². The third-order valence-electron chi connectivity index (χ3n) is 3.25. The molecule has 22 heavy (non-hydrogen) atoms. The van der Waals surface area contributed by atoms with E-state index in [4.69, 9.17) is 5.11 Å². The van der Waals surface area contributed by atoms with Gasteiger partial charge in [0, 0.05) is 5.56 Å². The van der Waals surface area contributed by atoms with E-state index in [9.17, 15) is 14.7 Å². The van der Waals surface area contributed by atoms with Gasteiger partial charge in [0.1, 0.15) is 12.2 Å². The highest BCUT2D eigenvalue weighted by Gasteiger charge is 2.22. The molecule has 0 bridgehead atoms. The first kappa shape index (κ1) is 15.7. The fourth-order valence-corrected chi connectivity index (χ4v) is 2.11. The highest BCUT2D eigenvalue weighted by Crippen LogP contribution is 2.27. The van der Waals surface area contributed by atoms with Crippen molar-refractivity contribution in [3.05, 3.63) is 35.5 Å². The molecule has 0 aliphatic heterocycles. The van der Waals surface area contributed by atoms with E-state index in [0.717, 1.165) is 10.2 Å². The van der Waals surface area contributed by atoms with Crippen LogP contribution in [0.4, 0.5) is 0 Å². The Labute approximate surface area is 127 Å². The summed E-state index contributed by atoms with van der Waals surface area (Å²) in [5, 5.41) is 25.3. The van der Waals surface area contributed by atoms with Gasteiger partial charge < -0.3 is 10.2 Å². The van der Waals surface area contributed by atoms with E-state index in [-0.39, 0.29) is 16.8 Å². The maximum absolute atomic E-state index is 11.3. The summed E-state index contributed by atoms with van der Waals surface area (Å²) in [6.07, 6.45) is 0. The molecule has 2 rings (SSSR count). The van der Waals surface area contributed by atoms with Crippen molar-refractivity contribution < 1.29 is 19.8 Å². The highest BCUT2D eigenvalue weighted by atomic mass is 16.4. The van der Waals surface area contributed by atoms with Gasteiger partial charge in [0.25, 0.3) is 0 Å². The SMILES string of the molecule is CC(C)(C)c1ccc(-c2c(C(=O)O)nnn2CC(=O)O)cc1. The Morgan fingerprint density at radius 3 is 2.18 bits per heavy atom. The number of aromatic carboxylic acids is 1. The molecule has 0 radical (unpaired) electrons. The Morgan fingerprint density at radius 2 is 1.73 bits per heavy atom. The van der Waals surface area contributed by atoms with Crippen molar-refractivity contribution in [1.29, 1.82) is 0 Å². The van der Waals surface area contributed by atoms with Crippen LogP contribution < -0.4 is 0 Å². The Balaban J connectivity index is 2.52. The summed E-state index contributed by atoms with van der Waals surface area (Å²) in [5.74, 6) is -2.36. The zero-order valence-corrected chi connectivity index (χ0v) is 12.6. The van der Waals surface area contributed by atoms with Crippen LogP contribution in [-0.4, -0.2) is 37.1 Å². The Morgan fingerprint density at radius 1 is 1.14 bits per heavy atom. The second-order valence-corrected chi connectivity index (χ2v) is 5.97. The van der Waals surface area contributed by atoms with E-state index in [2.05, 4.69) is 31.1 Å². The molecular formula is C15H17N3O4. The first-order chi connectivity index (χ1) is 10.2. The molecule has 0 atom stereocenters. The van der Waals surface area contributed by atoms with Crippen molar-refractivity contribution in [2.75, 3.05) is 0 Å². The summed E-state index contributed by atoms with van der Waals surface area (Å²) in [5.41, 5.74) is 1.55. The molecule has 1 heterocycles. The van der Waals surface area contributed by atoms with Crippen molar-refractivity contribution in [1.82, 2.24) is 15.0 Å². The molecule has 0 fully saturated rings. The van der Waals surface area contributed by atoms with Crippen molar-refractivity contribution in [3.63, 3.8) is 0 Å². The molecule has 0 aliphatic carbocycles. The molecule has 1 aromatic heterocycles. The fourth-order valence-electron chi connectivity index (χ4n) is 2.11. The average Bonchev–Trinajstić information content (AvgIpc) is 2.81. The molecule has 7 heteroatoms. The van der Waals surface area contributed by atoms with Gasteiger partial charge in [0.2, 0.25) is 0 Å². The van der Waals surface area contributed by atoms with E-state index in [1.807, 2.05) is 12.1 Å². The minimum Gasteiger partial charge on any atom is -0.480 e. The van der Waals surface area contributed by atoms with Crippen LogP contribution in [0.1, 0.15) is 36.8 Å². The molecule has 0 aliphatic rings. The molecule has 0 unspecified atom stereocenters. The van der Waals surface area contributed by atoms with Gasteiger partial charge in [-0.15, -0.1) is 5.10 Å². The van der Waals surface area contributed by atoms with E-state index in [1.165, 1.54) is 0 Å². The third-order valence-corrected chi connectivity index (χ3v) is 3.25. The lowest BCUT2D eigenvalue weighted by atomic mass is 9.86. The summed E-state index contributed by atoms with van der Waals surface area (Å²) >= 11 is 0. The van der Waals surface area contributed by atoms with Crippen LogP contribution in [0.15, 0.2) is 24.3 Å². The second kappa shape index (κ2) is 5.59. The molecule has 7 nitrogen and oxygen atoms in total. The van der Waals surface area contributed by atoms with Crippen molar-refractivity contribution >= 4 is 11.9 Å². The molecule has 0 saturated carbocycles. The van der Waals surface area contributed by atoms with E-state index in [0.29, 0.717) is 5.56 Å². The van der Waals surface area contributed by atoms with Gasteiger partial charge in [-0.2, -0.15) is 0 Å². The largest absolute Gasteiger partial charge is 0.480 e. The van der Waals surface area contributed by atoms with E-state index >= 15 is 0 Å². The van der Waals surface area contributed by atoms with Crippen LogP contribution in [0.2, 0.25) is 0 Å². The molecule has 2 N–H and O–H groups in total. The van der Waals surface area contributed by atoms with Crippen LogP contribution in [0, 0.1) is 0 Å². The molecule has 2 aromatic rings. The number of hydrogen-bond acceptors (Lipinski definition) is 4. The predicted molar refractivity (Wildman–Crippen MR) is 78.8 cm³/mol. The van der Waals surface area contributed by atoms with Gasteiger partial charge in [-0.25, -0.2) is 9.48 Å². The first-order valence-electron chi connectivity index (χ1n) is 6.69. The Kier molecular flexibility index (Phi) is 3.99. The van der Waals surface area contributed by atoms with E-state index < -0.39 is 18.5 Å². The summed E-state index contributed by atoms with van der Waals surface area (Å²) in [4.78, 5) is 22.1. The maximum Gasteiger partial charge on any atom is 0.358 e. The number of nitrogens with zero attached hydrogens (tertiary/aromatic N) is 3. The van der Waals surface area contributed by atoms with Crippen molar-refractivity contribution in [3.8, 4) is 11.3 Å². The average molecular weight is 303 g/mol. The van der Waals surface area contributed by atoms with Gasteiger partial charge in [-0.3, -0.25) is 4.79 Å². The number of benzene rings is 1. The predicted octanol–water partition coefficient (Wildman–Crippen LogP) is 2.03. The number of carboxylic acid groups (broad SMARTS) is 2. The number of aromatic nitrogens is 3. The topological polar surface area (TPSA) is 105 Å². The standard InChI is InChI=1S/C15H17N3O4/c1-15(2,3)10-6-4-9(5-7-10)13-12(14(21)22)16-17-18(13)8-11(19)20/h4-7H,8H2,1-3H3,(H,19,20)(H,21,22). The fraction of sp³-hybridized carbons (Fsp3) is 0.333. The third kappa shape index (κ3) is 3.13. The molecule has 116 valence electrons. The van der Waals surface area contributed by atoms with Gasteiger partial charge in [-0.05, 0) is 11.0 Å². The summed E-state index contributed by atoms with van der Waals surface area (Å²) in [7, 11) is 0. The summed E-state index contributed by atoms with van der Waals surface area (Å²) in [6.45, 7) is 5.76. The van der Waals surface area contributed by atoms with Crippen LogP contribution >= 0.6 is 0 Å². The number of aliphatic carboxylic acids is 1. The normalized spacial score (nSPS) is 11.4. The molecule has 1 aromatic carbocycles. The lowest BCUT2D eigenvalue weighted by Gasteiger charge is -2.19. The van der Waals surface area contributed by atoms with Crippen LogP contribution in [-0.2, 0) is 16.8 Å². The van der Waals surface area contributed by atoms with Gasteiger partial charge in [-0.1, -0.05) is 50.3 Å². The van der Waals surface area contributed by atoms with Crippen LogP contribution in [0.25, 0.3) is 11.3 Å². The monoisotopic (exact) mass is 303 g/mol. The summed E-state index contributed by atoms with van der Waals surface area (Å²) in [6, 6.07) is 7.28. The summed E-state index contributed by atoms with van der Waals surface area (Å²) < 4.78 is 1.08. The zero-order chi connectivity index (χ0) is 16.5. The number of rotatable bonds is 4. The molecule has 0 amide bonds. The van der Waals surface area contributed by atoms with E-state index in [1.54, 1.807) is 12.1 Å². The van der Waals surface area contributed by atoms with Crippen LogP contribution in [0.5, 0.6) is 0 Å². The smallest absolute Gasteiger partial charge is 0.358 e. The number of carboxylic acids is 2. The highest BCUT2D eigenvalue weighted by molar-refractivity contribution is 5.92. The number of carbonyl (C=O) groups is 2. The quantitative estimate of drug-likeness (QED) is 0.895. The molecule has 0 saturated heterocycles. The zero-order valence-electron chi connectivity index (χ0n) is 12.6. The number of hydrogen-bond donors (Lipinski definition) is 2. The second-order valence-electron chi connectivity index (χ2n) is 5.97. The minimum atomic E-state index is -1.24. The van der Waals surface area contributed by atoms with Crippen molar-refractivity contribution in [2.45, 2.75) is 32.7 Å².